The van der Waals surface area contributed by atoms with Gasteiger partial charge in [0.15, 0.2) is 0 Å². The predicted molar refractivity (Wildman–Crippen MR) is 146 cm³/mol. The average Bonchev–Trinajstić information content (AvgIpc) is 3.27. The van der Waals surface area contributed by atoms with E-state index in [0.717, 1.165) is 17.7 Å². The number of nitrogens with one attached hydrogen (secondary N) is 2. The van der Waals surface area contributed by atoms with Gasteiger partial charge in [0.2, 0.25) is 11.2 Å². The molecule has 0 saturated carbocycles. The van der Waals surface area contributed by atoms with Crippen molar-refractivity contribution in [1.29, 1.82) is 0 Å². The summed E-state index contributed by atoms with van der Waals surface area (Å²) in [5.74, 6) is 1.79. The zero-order valence-electron chi connectivity index (χ0n) is 21.8. The maximum absolute atomic E-state index is 13.0. The Morgan fingerprint density at radius 3 is 2.70 bits per heavy atom. The van der Waals surface area contributed by atoms with E-state index in [1.165, 1.54) is 11.8 Å². The Kier molecular flexibility index (Phi) is 7.97. The van der Waals surface area contributed by atoms with Crippen molar-refractivity contribution in [2.75, 3.05) is 5.32 Å². The second-order valence-corrected chi connectivity index (χ2v) is 10.4. The lowest BCUT2D eigenvalue weighted by Gasteiger charge is -2.25. The van der Waals surface area contributed by atoms with Gasteiger partial charge < -0.3 is 10.1 Å². The monoisotopic (exact) mass is 520 g/mol. The van der Waals surface area contributed by atoms with Crippen LogP contribution in [0.5, 0.6) is 11.6 Å². The molecule has 194 valence electrons. The fraction of sp³-hybridized carbons (Fsp3) is 0.357. The third-order valence-electron chi connectivity index (χ3n) is 6.19. The van der Waals surface area contributed by atoms with E-state index in [1.54, 1.807) is 6.07 Å². The number of halogens is 1. The SMILES string of the molecule is CCC1=CC(C)C(n2nc(C(C)(C)C)cc2NC(=O)NCc2ccccc2Oc2ccnc(Cl)n2)C=C1. The second kappa shape index (κ2) is 11.2. The molecule has 2 atom stereocenters. The van der Waals surface area contributed by atoms with Gasteiger partial charge in [0.1, 0.15) is 11.6 Å². The van der Waals surface area contributed by atoms with Gasteiger partial charge in [-0.1, -0.05) is 76.6 Å². The number of carbonyl (C=O) groups is 1. The van der Waals surface area contributed by atoms with Gasteiger partial charge in [-0.2, -0.15) is 10.1 Å². The number of hydrogen-bond donors (Lipinski definition) is 2. The largest absolute Gasteiger partial charge is 0.439 e. The predicted octanol–water partition coefficient (Wildman–Crippen LogP) is 6.82. The number of para-hydroxylation sites is 1. The number of rotatable bonds is 7. The van der Waals surface area contributed by atoms with Crippen LogP contribution in [-0.2, 0) is 12.0 Å². The molecule has 4 rings (SSSR count). The van der Waals surface area contributed by atoms with Crippen LogP contribution in [0.2, 0.25) is 5.28 Å². The lowest BCUT2D eigenvalue weighted by Crippen LogP contribution is -2.30. The van der Waals surface area contributed by atoms with Gasteiger partial charge in [-0.05, 0) is 24.1 Å². The van der Waals surface area contributed by atoms with E-state index in [0.29, 0.717) is 17.4 Å². The van der Waals surface area contributed by atoms with Crippen molar-refractivity contribution >= 4 is 23.4 Å². The number of hydrogen-bond acceptors (Lipinski definition) is 5. The number of urea groups is 1. The summed E-state index contributed by atoms with van der Waals surface area (Å²) in [6.07, 6.45) is 9.10. The number of carbonyl (C=O) groups excluding carboxylic acids is 1. The van der Waals surface area contributed by atoms with Gasteiger partial charge in [0.05, 0.1) is 11.7 Å². The van der Waals surface area contributed by atoms with E-state index < -0.39 is 0 Å². The quantitative estimate of drug-likeness (QED) is 0.333. The second-order valence-electron chi connectivity index (χ2n) is 10.1. The van der Waals surface area contributed by atoms with Gasteiger partial charge >= 0.3 is 6.03 Å². The van der Waals surface area contributed by atoms with Crippen LogP contribution >= 0.6 is 11.6 Å². The highest BCUT2D eigenvalue weighted by molar-refractivity contribution is 6.28. The Bertz CT molecular complexity index is 1320. The van der Waals surface area contributed by atoms with Gasteiger partial charge in [-0.25, -0.2) is 14.5 Å². The van der Waals surface area contributed by atoms with E-state index in [-0.39, 0.29) is 35.2 Å². The van der Waals surface area contributed by atoms with Crippen molar-refractivity contribution in [1.82, 2.24) is 25.1 Å². The molecule has 9 heteroatoms. The summed E-state index contributed by atoms with van der Waals surface area (Å²) in [7, 11) is 0. The number of benzene rings is 1. The van der Waals surface area contributed by atoms with Crippen molar-refractivity contribution in [3.63, 3.8) is 0 Å². The van der Waals surface area contributed by atoms with Crippen LogP contribution in [-0.4, -0.2) is 25.8 Å². The first-order valence-corrected chi connectivity index (χ1v) is 12.8. The highest BCUT2D eigenvalue weighted by atomic mass is 35.5. The van der Waals surface area contributed by atoms with E-state index >= 15 is 0 Å². The molecule has 37 heavy (non-hydrogen) atoms. The molecular formula is C28H33ClN6O2. The molecule has 0 saturated heterocycles. The zero-order valence-corrected chi connectivity index (χ0v) is 22.6. The Hall–Kier alpha value is -3.65. The van der Waals surface area contributed by atoms with Gasteiger partial charge in [0, 0.05) is 41.8 Å². The van der Waals surface area contributed by atoms with Crippen LogP contribution in [0.1, 0.15) is 58.3 Å². The van der Waals surface area contributed by atoms with Gasteiger partial charge in [-0.15, -0.1) is 0 Å². The maximum Gasteiger partial charge on any atom is 0.320 e. The molecule has 2 unspecified atom stereocenters. The fourth-order valence-corrected chi connectivity index (χ4v) is 4.22. The molecule has 2 amide bonds. The fourth-order valence-electron chi connectivity index (χ4n) is 4.09. The molecule has 3 aromatic rings. The van der Waals surface area contributed by atoms with Crippen LogP contribution in [0.25, 0.3) is 0 Å². The van der Waals surface area contributed by atoms with Crippen LogP contribution in [0.3, 0.4) is 0 Å². The lowest BCUT2D eigenvalue weighted by atomic mass is 9.92. The molecule has 0 aliphatic heterocycles. The number of allylic oxidation sites excluding steroid dienone is 4. The molecule has 0 bridgehead atoms. The molecule has 0 spiro atoms. The Morgan fingerprint density at radius 2 is 2.00 bits per heavy atom. The van der Waals surface area contributed by atoms with E-state index in [4.69, 9.17) is 21.4 Å². The minimum Gasteiger partial charge on any atom is -0.439 e. The maximum atomic E-state index is 13.0. The highest BCUT2D eigenvalue weighted by Gasteiger charge is 2.26. The first-order valence-electron chi connectivity index (χ1n) is 12.4. The summed E-state index contributed by atoms with van der Waals surface area (Å²) in [4.78, 5) is 20.9. The summed E-state index contributed by atoms with van der Waals surface area (Å²) in [5.41, 5.74) is 2.85. The Labute approximate surface area is 222 Å². The third kappa shape index (κ3) is 6.57. The molecular weight excluding hydrogens is 488 g/mol. The molecule has 1 aromatic carbocycles. The molecule has 1 aliphatic rings. The van der Waals surface area contributed by atoms with Crippen molar-refractivity contribution in [3.8, 4) is 11.6 Å². The first-order chi connectivity index (χ1) is 17.6. The van der Waals surface area contributed by atoms with E-state index in [2.05, 4.69) is 73.4 Å². The normalized spacial score (nSPS) is 17.3. The summed E-state index contributed by atoms with van der Waals surface area (Å²) in [6.45, 7) is 10.9. The summed E-state index contributed by atoms with van der Waals surface area (Å²) < 4.78 is 7.79. The minimum atomic E-state index is -0.335. The lowest BCUT2D eigenvalue weighted by molar-refractivity contribution is 0.251. The summed E-state index contributed by atoms with van der Waals surface area (Å²) in [5, 5.41) is 10.9. The standard InChI is InChI=1S/C28H33ClN6O2/c1-6-19-11-12-21(18(2)15-19)35-24(16-23(34-35)28(3,4)5)32-27(36)31-17-20-9-7-8-10-22(20)37-25-13-14-30-26(29)33-25/h7-16,18,21H,6,17H2,1-5H3,(H2,31,32,36). The topological polar surface area (TPSA) is 94.0 Å². The van der Waals surface area contributed by atoms with Crippen molar-refractivity contribution in [3.05, 3.63) is 82.9 Å². The van der Waals surface area contributed by atoms with Crippen molar-refractivity contribution in [2.24, 2.45) is 5.92 Å². The molecule has 1 aliphatic carbocycles. The summed E-state index contributed by atoms with van der Waals surface area (Å²) >= 11 is 5.87. The highest BCUT2D eigenvalue weighted by Crippen LogP contribution is 2.33. The number of aromatic nitrogens is 4. The average molecular weight is 521 g/mol. The Balaban J connectivity index is 1.49. The number of ether oxygens (including phenoxy) is 1. The van der Waals surface area contributed by atoms with Crippen LogP contribution in [0, 0.1) is 5.92 Å². The number of anilines is 1. The molecule has 2 aromatic heterocycles. The van der Waals surface area contributed by atoms with Crippen molar-refractivity contribution < 1.29 is 9.53 Å². The zero-order chi connectivity index (χ0) is 26.6. The van der Waals surface area contributed by atoms with Gasteiger partial charge in [0.25, 0.3) is 0 Å². The Morgan fingerprint density at radius 1 is 1.22 bits per heavy atom. The number of amides is 2. The van der Waals surface area contributed by atoms with E-state index in [1.807, 2.05) is 35.0 Å². The van der Waals surface area contributed by atoms with Crippen molar-refractivity contribution in [2.45, 2.75) is 59.0 Å². The van der Waals surface area contributed by atoms with Gasteiger partial charge in [-0.3, -0.25) is 5.32 Å². The summed E-state index contributed by atoms with van der Waals surface area (Å²) in [6, 6.07) is 10.7. The molecule has 0 radical (unpaired) electrons. The molecule has 0 fully saturated rings. The first kappa shape index (κ1) is 26.4. The van der Waals surface area contributed by atoms with Crippen LogP contribution in [0.15, 0.2) is 66.4 Å². The molecule has 8 nitrogen and oxygen atoms in total. The van der Waals surface area contributed by atoms with E-state index in [9.17, 15) is 4.79 Å². The van der Waals surface area contributed by atoms with Crippen LogP contribution in [0.4, 0.5) is 10.6 Å². The van der Waals surface area contributed by atoms with Crippen LogP contribution < -0.4 is 15.4 Å². The third-order valence-corrected chi connectivity index (χ3v) is 6.37. The molecule has 2 heterocycles. The minimum absolute atomic E-state index is 0.00973. The molecule has 2 N–H and O–H groups in total. The number of nitrogens with zero attached hydrogens (tertiary/aromatic N) is 4. The smallest absolute Gasteiger partial charge is 0.320 e.